The third kappa shape index (κ3) is 4.83. The van der Waals surface area contributed by atoms with Gasteiger partial charge in [-0.1, -0.05) is 17.7 Å². The monoisotopic (exact) mass is 395 g/mol. The van der Waals surface area contributed by atoms with E-state index in [0.29, 0.717) is 16.4 Å². The second-order valence-corrected chi connectivity index (χ2v) is 6.42. The Morgan fingerprint density at radius 1 is 0.964 bits per heavy atom. The molecule has 0 saturated heterocycles. The summed E-state index contributed by atoms with van der Waals surface area (Å²) in [5.41, 5.74) is 3.02. The first kappa shape index (κ1) is 19.3. The van der Waals surface area contributed by atoms with Crippen LogP contribution in [0.15, 0.2) is 54.7 Å². The molecule has 3 rings (SSSR count). The third-order valence-corrected chi connectivity index (χ3v) is 4.27. The molecule has 3 aromatic rings. The van der Waals surface area contributed by atoms with Crippen LogP contribution in [0, 0.1) is 6.92 Å². The first-order valence-corrected chi connectivity index (χ1v) is 8.84. The quantitative estimate of drug-likeness (QED) is 0.595. The third-order valence-electron chi connectivity index (χ3n) is 3.87. The number of aromatic nitrogens is 2. The van der Waals surface area contributed by atoms with E-state index in [1.807, 2.05) is 6.92 Å². The summed E-state index contributed by atoms with van der Waals surface area (Å²) >= 11 is 6.09. The number of carbonyl (C=O) groups excluding carboxylic acids is 2. The van der Waals surface area contributed by atoms with Gasteiger partial charge < -0.3 is 16.0 Å². The van der Waals surface area contributed by atoms with Crippen LogP contribution in [0.1, 0.15) is 23.0 Å². The standard InChI is InChI=1S/C20H18ClN5O2/c1-12-16(21)4-3-5-17(12)25-19(28)18-10-11-22-20(26-18)24-15-8-6-14(7-9-15)23-13(2)27/h3-11H,1-2H3,(H,23,27)(H,25,28)(H,22,24,26). The van der Waals surface area contributed by atoms with Gasteiger partial charge in [-0.2, -0.15) is 0 Å². The molecule has 1 heterocycles. The molecule has 0 aliphatic rings. The normalized spacial score (nSPS) is 10.2. The lowest BCUT2D eigenvalue weighted by atomic mass is 10.2. The second-order valence-electron chi connectivity index (χ2n) is 6.02. The van der Waals surface area contributed by atoms with Gasteiger partial charge in [0.2, 0.25) is 11.9 Å². The maximum atomic E-state index is 12.5. The molecule has 2 aromatic carbocycles. The van der Waals surface area contributed by atoms with E-state index in [0.717, 1.165) is 11.3 Å². The maximum absolute atomic E-state index is 12.5. The predicted octanol–water partition coefficient (Wildman–Crippen LogP) is 4.39. The summed E-state index contributed by atoms with van der Waals surface area (Å²) in [5, 5.41) is 9.10. The van der Waals surface area contributed by atoms with Crippen molar-refractivity contribution in [2.45, 2.75) is 13.8 Å². The zero-order valence-corrected chi connectivity index (χ0v) is 16.0. The highest BCUT2D eigenvalue weighted by Gasteiger charge is 2.12. The molecule has 7 nitrogen and oxygen atoms in total. The summed E-state index contributed by atoms with van der Waals surface area (Å²) in [4.78, 5) is 32.0. The molecule has 0 fully saturated rings. The Bertz CT molecular complexity index is 1020. The number of nitrogens with one attached hydrogen (secondary N) is 3. The van der Waals surface area contributed by atoms with Crippen LogP contribution >= 0.6 is 11.6 Å². The van der Waals surface area contributed by atoms with Gasteiger partial charge in [-0.15, -0.1) is 0 Å². The van der Waals surface area contributed by atoms with E-state index in [4.69, 9.17) is 11.6 Å². The largest absolute Gasteiger partial charge is 0.326 e. The number of benzene rings is 2. The van der Waals surface area contributed by atoms with E-state index < -0.39 is 0 Å². The highest BCUT2D eigenvalue weighted by Crippen LogP contribution is 2.23. The second kappa shape index (κ2) is 8.49. The predicted molar refractivity (Wildman–Crippen MR) is 110 cm³/mol. The van der Waals surface area contributed by atoms with E-state index in [-0.39, 0.29) is 23.5 Å². The fourth-order valence-electron chi connectivity index (χ4n) is 2.44. The minimum atomic E-state index is -0.364. The van der Waals surface area contributed by atoms with Crippen molar-refractivity contribution in [2.75, 3.05) is 16.0 Å². The van der Waals surface area contributed by atoms with Gasteiger partial charge in [0.05, 0.1) is 0 Å². The minimum Gasteiger partial charge on any atom is -0.326 e. The lowest BCUT2D eigenvalue weighted by molar-refractivity contribution is -0.114. The van der Waals surface area contributed by atoms with E-state index in [1.54, 1.807) is 42.5 Å². The molecule has 0 atom stereocenters. The number of nitrogens with zero attached hydrogens (tertiary/aromatic N) is 2. The molecule has 0 bridgehead atoms. The summed E-state index contributed by atoms with van der Waals surface area (Å²) in [6.07, 6.45) is 1.50. The van der Waals surface area contributed by atoms with Gasteiger partial charge in [-0.3, -0.25) is 9.59 Å². The van der Waals surface area contributed by atoms with Crippen LogP contribution in [0.2, 0.25) is 5.02 Å². The molecule has 0 aliphatic carbocycles. The van der Waals surface area contributed by atoms with Crippen LogP contribution in [0.25, 0.3) is 0 Å². The average molecular weight is 396 g/mol. The summed E-state index contributed by atoms with van der Waals surface area (Å²) in [6.45, 7) is 3.27. The molecule has 2 amide bonds. The topological polar surface area (TPSA) is 96.0 Å². The Kier molecular flexibility index (Phi) is 5.86. The number of carbonyl (C=O) groups is 2. The van der Waals surface area contributed by atoms with E-state index >= 15 is 0 Å². The van der Waals surface area contributed by atoms with E-state index in [2.05, 4.69) is 25.9 Å². The van der Waals surface area contributed by atoms with Crippen molar-refractivity contribution in [3.05, 3.63) is 71.0 Å². The van der Waals surface area contributed by atoms with Crippen molar-refractivity contribution < 1.29 is 9.59 Å². The Hall–Kier alpha value is -3.45. The molecule has 8 heteroatoms. The zero-order chi connectivity index (χ0) is 20.1. The van der Waals surface area contributed by atoms with Crippen molar-refractivity contribution in [3.63, 3.8) is 0 Å². The lowest BCUT2D eigenvalue weighted by Gasteiger charge is -2.10. The van der Waals surface area contributed by atoms with Crippen molar-refractivity contribution in [1.82, 2.24) is 9.97 Å². The summed E-state index contributed by atoms with van der Waals surface area (Å²) < 4.78 is 0. The summed E-state index contributed by atoms with van der Waals surface area (Å²) in [7, 11) is 0. The molecule has 0 unspecified atom stereocenters. The number of halogens is 1. The molecule has 0 saturated carbocycles. The smallest absolute Gasteiger partial charge is 0.274 e. The van der Waals surface area contributed by atoms with E-state index in [9.17, 15) is 9.59 Å². The molecule has 142 valence electrons. The van der Waals surface area contributed by atoms with Gasteiger partial charge in [-0.25, -0.2) is 9.97 Å². The van der Waals surface area contributed by atoms with Crippen LogP contribution in [0.4, 0.5) is 23.0 Å². The number of anilines is 4. The molecular weight excluding hydrogens is 378 g/mol. The van der Waals surface area contributed by atoms with Crippen LogP contribution in [0.3, 0.4) is 0 Å². The molecule has 1 aromatic heterocycles. The van der Waals surface area contributed by atoms with E-state index in [1.165, 1.54) is 19.2 Å². The SMILES string of the molecule is CC(=O)Nc1ccc(Nc2nccc(C(=O)Nc3cccc(Cl)c3C)n2)cc1. The number of hydrogen-bond donors (Lipinski definition) is 3. The molecule has 0 aliphatic heterocycles. The summed E-state index contributed by atoms with van der Waals surface area (Å²) in [5.74, 6) is -0.225. The number of hydrogen-bond acceptors (Lipinski definition) is 5. The fourth-order valence-corrected chi connectivity index (χ4v) is 2.62. The van der Waals surface area contributed by atoms with Gasteiger partial charge in [0.15, 0.2) is 0 Å². The minimum absolute atomic E-state index is 0.141. The van der Waals surface area contributed by atoms with Gasteiger partial charge in [0.1, 0.15) is 5.69 Å². The lowest BCUT2D eigenvalue weighted by Crippen LogP contribution is -2.15. The van der Waals surface area contributed by atoms with Crippen LogP contribution < -0.4 is 16.0 Å². The van der Waals surface area contributed by atoms with Crippen molar-refractivity contribution in [2.24, 2.45) is 0 Å². The Labute approximate surface area is 167 Å². The Morgan fingerprint density at radius 2 is 1.68 bits per heavy atom. The highest BCUT2D eigenvalue weighted by molar-refractivity contribution is 6.31. The molecule has 28 heavy (non-hydrogen) atoms. The summed E-state index contributed by atoms with van der Waals surface area (Å²) in [6, 6.07) is 13.9. The van der Waals surface area contributed by atoms with Crippen molar-refractivity contribution in [1.29, 1.82) is 0 Å². The molecule has 0 spiro atoms. The molecule has 3 N–H and O–H groups in total. The first-order chi connectivity index (χ1) is 13.4. The number of rotatable bonds is 5. The van der Waals surface area contributed by atoms with Crippen LogP contribution in [0.5, 0.6) is 0 Å². The van der Waals surface area contributed by atoms with Gasteiger partial charge in [-0.05, 0) is 55.0 Å². The number of amides is 2. The highest BCUT2D eigenvalue weighted by atomic mass is 35.5. The van der Waals surface area contributed by atoms with Crippen LogP contribution in [-0.2, 0) is 4.79 Å². The fraction of sp³-hybridized carbons (Fsp3) is 0.100. The van der Waals surface area contributed by atoms with Gasteiger partial charge in [0, 0.05) is 35.2 Å². The van der Waals surface area contributed by atoms with Crippen molar-refractivity contribution >= 4 is 46.4 Å². The Balaban J connectivity index is 1.72. The zero-order valence-electron chi connectivity index (χ0n) is 15.3. The van der Waals surface area contributed by atoms with Crippen LogP contribution in [-0.4, -0.2) is 21.8 Å². The van der Waals surface area contributed by atoms with Crippen molar-refractivity contribution in [3.8, 4) is 0 Å². The first-order valence-electron chi connectivity index (χ1n) is 8.46. The maximum Gasteiger partial charge on any atom is 0.274 e. The molecular formula is C20H18ClN5O2. The molecule has 0 radical (unpaired) electrons. The van der Waals surface area contributed by atoms with Gasteiger partial charge in [0.25, 0.3) is 5.91 Å². The average Bonchev–Trinajstić information content (AvgIpc) is 2.67. The Morgan fingerprint density at radius 3 is 2.39 bits per heavy atom. The van der Waals surface area contributed by atoms with Gasteiger partial charge >= 0.3 is 0 Å².